The summed E-state index contributed by atoms with van der Waals surface area (Å²) in [5.74, 6) is 0.612. The first-order chi connectivity index (χ1) is 10.3. The maximum atomic E-state index is 12.7. The summed E-state index contributed by atoms with van der Waals surface area (Å²) in [6, 6.07) is 5.58. The van der Waals surface area contributed by atoms with E-state index in [1.54, 1.807) is 12.4 Å². The number of nitrogens with zero attached hydrogens (tertiary/aromatic N) is 3. The second-order valence-corrected chi connectivity index (χ2v) is 5.61. The molecule has 0 unspecified atom stereocenters. The molecule has 1 N–H and O–H groups in total. The number of carbonyl (C=O) groups is 1. The lowest BCUT2D eigenvalue weighted by Crippen LogP contribution is -2.37. The van der Waals surface area contributed by atoms with Gasteiger partial charge in [-0.2, -0.15) is 0 Å². The molecule has 0 spiro atoms. The summed E-state index contributed by atoms with van der Waals surface area (Å²) in [6.07, 6.45) is 5.54. The number of hydrogen-bond donors (Lipinski definition) is 1. The minimum Gasteiger partial charge on any atom is -0.341 e. The third-order valence-corrected chi connectivity index (χ3v) is 4.07. The van der Waals surface area contributed by atoms with Crippen molar-refractivity contribution >= 4 is 16.9 Å². The van der Waals surface area contributed by atoms with Crippen LogP contribution >= 0.6 is 0 Å². The zero-order valence-electron chi connectivity index (χ0n) is 12.2. The van der Waals surface area contributed by atoms with Gasteiger partial charge in [0.05, 0.1) is 11.1 Å². The van der Waals surface area contributed by atoms with Gasteiger partial charge in [0, 0.05) is 26.0 Å². The van der Waals surface area contributed by atoms with Crippen LogP contribution in [-0.4, -0.2) is 47.5 Å². The zero-order valence-corrected chi connectivity index (χ0v) is 12.2. The van der Waals surface area contributed by atoms with E-state index < -0.39 is 0 Å². The fourth-order valence-corrected chi connectivity index (χ4v) is 2.91. The van der Waals surface area contributed by atoms with Crippen molar-refractivity contribution in [2.45, 2.75) is 12.8 Å². The largest absolute Gasteiger partial charge is 0.341 e. The van der Waals surface area contributed by atoms with Gasteiger partial charge in [-0.05, 0) is 44.0 Å². The molecule has 2 aromatic rings. The van der Waals surface area contributed by atoms with Gasteiger partial charge in [0.15, 0.2) is 0 Å². The molecule has 1 fully saturated rings. The van der Waals surface area contributed by atoms with Crippen LogP contribution < -0.4 is 5.32 Å². The van der Waals surface area contributed by atoms with Crippen LogP contribution in [0.4, 0.5) is 0 Å². The Morgan fingerprint density at radius 2 is 2.05 bits per heavy atom. The highest BCUT2D eigenvalue weighted by Crippen LogP contribution is 2.18. The Hall–Kier alpha value is -2.01. The van der Waals surface area contributed by atoms with Gasteiger partial charge in [0.1, 0.15) is 5.52 Å². The standard InChI is InChI=1S/C16H20N4O/c1-20(11-12-5-7-17-8-6-12)16(21)13-3-2-4-14-15(13)19-10-9-18-14/h2-4,9-10,12,17H,5-8,11H2,1H3. The number of rotatable bonds is 3. The summed E-state index contributed by atoms with van der Waals surface area (Å²) in [5, 5.41) is 3.35. The molecule has 5 heteroatoms. The molecule has 1 aromatic heterocycles. The fourth-order valence-electron chi connectivity index (χ4n) is 2.91. The molecule has 0 saturated carbocycles. The molecule has 1 aliphatic rings. The van der Waals surface area contributed by atoms with Crippen LogP contribution in [0.5, 0.6) is 0 Å². The lowest BCUT2D eigenvalue weighted by molar-refractivity contribution is 0.0764. The van der Waals surface area contributed by atoms with E-state index in [0.717, 1.165) is 38.0 Å². The summed E-state index contributed by atoms with van der Waals surface area (Å²) in [5.41, 5.74) is 2.08. The average Bonchev–Trinajstić information content (AvgIpc) is 2.54. The quantitative estimate of drug-likeness (QED) is 0.932. The van der Waals surface area contributed by atoms with Crippen LogP contribution in [0.15, 0.2) is 30.6 Å². The van der Waals surface area contributed by atoms with Crippen molar-refractivity contribution in [3.8, 4) is 0 Å². The molecule has 110 valence electrons. The van der Waals surface area contributed by atoms with Crippen molar-refractivity contribution in [2.24, 2.45) is 5.92 Å². The van der Waals surface area contributed by atoms with Gasteiger partial charge in [-0.15, -0.1) is 0 Å². The number of fused-ring (bicyclic) bond motifs is 1. The molecule has 1 saturated heterocycles. The van der Waals surface area contributed by atoms with E-state index in [4.69, 9.17) is 0 Å². The summed E-state index contributed by atoms with van der Waals surface area (Å²) in [6.45, 7) is 2.90. The normalized spacial score (nSPS) is 16.0. The third kappa shape index (κ3) is 3.03. The number of nitrogens with one attached hydrogen (secondary N) is 1. The lowest BCUT2D eigenvalue weighted by atomic mass is 9.97. The second kappa shape index (κ2) is 6.18. The molecule has 1 amide bonds. The molecule has 0 bridgehead atoms. The summed E-state index contributed by atoms with van der Waals surface area (Å²) < 4.78 is 0. The number of hydrogen-bond acceptors (Lipinski definition) is 4. The lowest BCUT2D eigenvalue weighted by Gasteiger charge is -2.27. The van der Waals surface area contributed by atoms with Crippen LogP contribution in [0, 0.1) is 5.92 Å². The maximum absolute atomic E-state index is 12.7. The van der Waals surface area contributed by atoms with Gasteiger partial charge in [-0.3, -0.25) is 14.8 Å². The number of para-hydroxylation sites is 1. The predicted molar refractivity (Wildman–Crippen MR) is 82.1 cm³/mol. The fraction of sp³-hybridized carbons (Fsp3) is 0.438. The number of piperidine rings is 1. The van der Waals surface area contributed by atoms with Crippen LogP contribution in [0.3, 0.4) is 0 Å². The van der Waals surface area contributed by atoms with E-state index in [2.05, 4.69) is 15.3 Å². The van der Waals surface area contributed by atoms with Crippen molar-refractivity contribution in [3.63, 3.8) is 0 Å². The molecule has 0 radical (unpaired) electrons. The van der Waals surface area contributed by atoms with Gasteiger partial charge in [0.25, 0.3) is 5.91 Å². The maximum Gasteiger partial charge on any atom is 0.255 e. The first-order valence-electron chi connectivity index (χ1n) is 7.41. The molecule has 0 atom stereocenters. The number of aromatic nitrogens is 2. The van der Waals surface area contributed by atoms with Gasteiger partial charge < -0.3 is 10.2 Å². The predicted octanol–water partition coefficient (Wildman–Crippen LogP) is 1.70. The molecule has 3 rings (SSSR count). The molecule has 2 heterocycles. The van der Waals surface area contributed by atoms with Crippen LogP contribution in [0.1, 0.15) is 23.2 Å². The summed E-state index contributed by atoms with van der Waals surface area (Å²) >= 11 is 0. The molecule has 5 nitrogen and oxygen atoms in total. The van der Waals surface area contributed by atoms with E-state index >= 15 is 0 Å². The Kier molecular flexibility index (Phi) is 4.10. The van der Waals surface area contributed by atoms with Crippen LogP contribution in [-0.2, 0) is 0 Å². The minimum absolute atomic E-state index is 0.0274. The van der Waals surface area contributed by atoms with Crippen molar-refractivity contribution in [2.75, 3.05) is 26.7 Å². The molecule has 0 aliphatic carbocycles. The van der Waals surface area contributed by atoms with E-state index in [1.165, 1.54) is 0 Å². The summed E-state index contributed by atoms with van der Waals surface area (Å²) in [7, 11) is 1.87. The van der Waals surface area contributed by atoms with Crippen LogP contribution in [0.2, 0.25) is 0 Å². The van der Waals surface area contributed by atoms with Gasteiger partial charge in [-0.1, -0.05) is 6.07 Å². The minimum atomic E-state index is 0.0274. The first-order valence-corrected chi connectivity index (χ1v) is 7.41. The number of benzene rings is 1. The Balaban J connectivity index is 1.79. The van der Waals surface area contributed by atoms with Gasteiger partial charge in [0.2, 0.25) is 0 Å². The van der Waals surface area contributed by atoms with Gasteiger partial charge in [-0.25, -0.2) is 0 Å². The molecule has 1 aliphatic heterocycles. The number of amides is 1. The molecular weight excluding hydrogens is 264 g/mol. The smallest absolute Gasteiger partial charge is 0.255 e. The summed E-state index contributed by atoms with van der Waals surface area (Å²) in [4.78, 5) is 23.1. The Morgan fingerprint density at radius 1 is 1.29 bits per heavy atom. The van der Waals surface area contributed by atoms with Crippen molar-refractivity contribution < 1.29 is 4.79 Å². The molecular formula is C16H20N4O. The van der Waals surface area contributed by atoms with Gasteiger partial charge >= 0.3 is 0 Å². The molecule has 1 aromatic carbocycles. The highest BCUT2D eigenvalue weighted by atomic mass is 16.2. The van der Waals surface area contributed by atoms with E-state index in [1.807, 2.05) is 30.1 Å². The van der Waals surface area contributed by atoms with Crippen molar-refractivity contribution in [3.05, 3.63) is 36.2 Å². The van der Waals surface area contributed by atoms with E-state index in [0.29, 0.717) is 17.0 Å². The first kappa shape index (κ1) is 13.9. The monoisotopic (exact) mass is 284 g/mol. The second-order valence-electron chi connectivity index (χ2n) is 5.61. The van der Waals surface area contributed by atoms with E-state index in [9.17, 15) is 4.79 Å². The number of carbonyl (C=O) groups excluding carboxylic acids is 1. The van der Waals surface area contributed by atoms with E-state index in [-0.39, 0.29) is 5.91 Å². The Bertz CT molecular complexity index is 632. The average molecular weight is 284 g/mol. The topological polar surface area (TPSA) is 58.1 Å². The third-order valence-electron chi connectivity index (χ3n) is 4.07. The molecule has 21 heavy (non-hydrogen) atoms. The van der Waals surface area contributed by atoms with Crippen molar-refractivity contribution in [1.29, 1.82) is 0 Å². The SMILES string of the molecule is CN(CC1CCNCC1)C(=O)c1cccc2nccnc12. The highest BCUT2D eigenvalue weighted by Gasteiger charge is 2.20. The Morgan fingerprint density at radius 3 is 2.86 bits per heavy atom. The highest BCUT2D eigenvalue weighted by molar-refractivity contribution is 6.04. The Labute approximate surface area is 124 Å². The zero-order chi connectivity index (χ0) is 14.7. The van der Waals surface area contributed by atoms with Crippen LogP contribution in [0.25, 0.3) is 11.0 Å². The van der Waals surface area contributed by atoms with Crippen molar-refractivity contribution in [1.82, 2.24) is 20.2 Å².